The van der Waals surface area contributed by atoms with Crippen molar-refractivity contribution in [3.8, 4) is 0 Å². The predicted molar refractivity (Wildman–Crippen MR) is 55.8 cm³/mol. The van der Waals surface area contributed by atoms with Crippen molar-refractivity contribution in [2.45, 2.75) is 0 Å². The molecule has 2 aromatic rings. The normalized spacial score (nSPS) is 14.8. The molecule has 0 spiro atoms. The fourth-order valence-electron chi connectivity index (χ4n) is 1.50. The van der Waals surface area contributed by atoms with Crippen molar-refractivity contribution in [1.82, 2.24) is 0 Å². The van der Waals surface area contributed by atoms with Crippen LogP contribution < -0.4 is 8.92 Å². The molecule has 1 aliphatic rings. The molecule has 0 saturated carbocycles. The van der Waals surface area contributed by atoms with Crippen LogP contribution in [0.5, 0.6) is 0 Å². The topological polar surface area (TPSA) is 9.23 Å². The minimum absolute atomic E-state index is 0.244. The van der Waals surface area contributed by atoms with Crippen molar-refractivity contribution in [2.75, 3.05) is 0 Å². The molecule has 0 N–H and O–H groups in total. The molecular weight excluding hydrogens is 294 g/mol. The third-order valence-electron chi connectivity index (χ3n) is 2.08. The van der Waals surface area contributed by atoms with Gasteiger partial charge in [0.15, 0.2) is 0 Å². The SMILES string of the molecule is c1cc2c3c(cccc3c1)[Se]O[Se]2. The second-order valence-corrected chi connectivity index (χ2v) is 7.16. The summed E-state index contributed by atoms with van der Waals surface area (Å²) in [7, 11) is 0. The minimum atomic E-state index is 0.244. The van der Waals surface area contributed by atoms with Gasteiger partial charge in [-0.25, -0.2) is 0 Å². The van der Waals surface area contributed by atoms with Crippen molar-refractivity contribution in [1.29, 1.82) is 0 Å². The molecule has 1 nitrogen and oxygen atoms in total. The van der Waals surface area contributed by atoms with E-state index in [1.54, 1.807) is 0 Å². The van der Waals surface area contributed by atoms with Gasteiger partial charge in [0.2, 0.25) is 0 Å². The molecule has 64 valence electrons. The van der Waals surface area contributed by atoms with Crippen LogP contribution in [-0.4, -0.2) is 30.6 Å². The second kappa shape index (κ2) is 3.13. The molecule has 2 aromatic carbocycles. The first-order valence-electron chi connectivity index (χ1n) is 3.98. The zero-order valence-electron chi connectivity index (χ0n) is 6.69. The first kappa shape index (κ1) is 8.04. The van der Waals surface area contributed by atoms with Gasteiger partial charge in [0.25, 0.3) is 0 Å². The van der Waals surface area contributed by atoms with Crippen LogP contribution in [0.25, 0.3) is 10.8 Å². The van der Waals surface area contributed by atoms with Gasteiger partial charge in [0, 0.05) is 0 Å². The van der Waals surface area contributed by atoms with E-state index in [-0.39, 0.29) is 30.6 Å². The summed E-state index contributed by atoms with van der Waals surface area (Å²) in [6.07, 6.45) is 0. The fourth-order valence-corrected chi connectivity index (χ4v) is 6.05. The van der Waals surface area contributed by atoms with Crippen molar-refractivity contribution in [3.05, 3.63) is 36.4 Å². The molecule has 0 aromatic heterocycles. The van der Waals surface area contributed by atoms with Gasteiger partial charge < -0.3 is 0 Å². The van der Waals surface area contributed by atoms with E-state index in [2.05, 4.69) is 36.4 Å². The first-order valence-corrected chi connectivity index (χ1v) is 7.09. The average molecular weight is 300 g/mol. The van der Waals surface area contributed by atoms with Crippen LogP contribution in [-0.2, 0) is 2.90 Å². The molecule has 0 radical (unpaired) electrons. The van der Waals surface area contributed by atoms with Crippen LogP contribution in [0.4, 0.5) is 0 Å². The Morgan fingerprint density at radius 1 is 0.846 bits per heavy atom. The Bertz CT molecular complexity index is 429. The molecule has 0 amide bonds. The average Bonchev–Trinajstić information content (AvgIpc) is 2.19. The molecule has 0 bridgehead atoms. The summed E-state index contributed by atoms with van der Waals surface area (Å²) in [4.78, 5) is 0. The van der Waals surface area contributed by atoms with Crippen molar-refractivity contribution >= 4 is 50.3 Å². The Morgan fingerprint density at radius 2 is 1.46 bits per heavy atom. The molecule has 0 atom stereocenters. The number of rotatable bonds is 0. The number of benzene rings is 2. The van der Waals surface area contributed by atoms with E-state index in [9.17, 15) is 0 Å². The van der Waals surface area contributed by atoms with Gasteiger partial charge in [-0.1, -0.05) is 0 Å². The number of hydrogen-bond donors (Lipinski definition) is 0. The van der Waals surface area contributed by atoms with Crippen LogP contribution >= 0.6 is 0 Å². The Balaban J connectivity index is 2.49. The quantitative estimate of drug-likeness (QED) is 0.638. The van der Waals surface area contributed by atoms with Crippen LogP contribution in [0.2, 0.25) is 0 Å². The fraction of sp³-hybridized carbons (Fsp3) is 0. The maximum absolute atomic E-state index is 5.61. The van der Waals surface area contributed by atoms with E-state index in [4.69, 9.17) is 2.90 Å². The van der Waals surface area contributed by atoms with Crippen LogP contribution in [0, 0.1) is 0 Å². The summed E-state index contributed by atoms with van der Waals surface area (Å²) < 4.78 is 8.41. The van der Waals surface area contributed by atoms with E-state index in [0.717, 1.165) is 0 Å². The standard InChI is InChI=1S/C10H6OSe2/c1-3-7-4-2-6-9-10(7)8(5-1)12-11-13-9/h1-6H. The van der Waals surface area contributed by atoms with E-state index in [1.165, 1.54) is 19.7 Å². The molecule has 13 heavy (non-hydrogen) atoms. The van der Waals surface area contributed by atoms with Crippen molar-refractivity contribution in [2.24, 2.45) is 0 Å². The summed E-state index contributed by atoms with van der Waals surface area (Å²) in [6.45, 7) is 0. The van der Waals surface area contributed by atoms with Crippen molar-refractivity contribution < 1.29 is 2.90 Å². The summed E-state index contributed by atoms with van der Waals surface area (Å²) >= 11 is 0.488. The van der Waals surface area contributed by atoms with Gasteiger partial charge in [0.05, 0.1) is 0 Å². The van der Waals surface area contributed by atoms with E-state index in [0.29, 0.717) is 0 Å². The van der Waals surface area contributed by atoms with Crippen LogP contribution in [0.1, 0.15) is 0 Å². The Labute approximate surface area is 89.4 Å². The van der Waals surface area contributed by atoms with E-state index < -0.39 is 0 Å². The predicted octanol–water partition coefficient (Wildman–Crippen LogP) is 0.359. The van der Waals surface area contributed by atoms with Gasteiger partial charge in [0.1, 0.15) is 0 Å². The Kier molecular flexibility index (Phi) is 1.93. The van der Waals surface area contributed by atoms with Crippen molar-refractivity contribution in [3.63, 3.8) is 0 Å². The molecule has 3 rings (SSSR count). The van der Waals surface area contributed by atoms with Crippen LogP contribution in [0.15, 0.2) is 36.4 Å². The van der Waals surface area contributed by atoms with Gasteiger partial charge >= 0.3 is 89.6 Å². The molecule has 1 heterocycles. The molecule has 0 fully saturated rings. The monoisotopic (exact) mass is 302 g/mol. The molecule has 1 aliphatic heterocycles. The second-order valence-electron chi connectivity index (χ2n) is 2.85. The first-order chi connectivity index (χ1) is 6.45. The molecular formula is C10H6OSe2. The molecule has 0 aliphatic carbocycles. The zero-order valence-corrected chi connectivity index (χ0v) is 10.1. The Morgan fingerprint density at radius 3 is 2.08 bits per heavy atom. The number of hydrogen-bond acceptors (Lipinski definition) is 1. The zero-order chi connectivity index (χ0) is 8.67. The van der Waals surface area contributed by atoms with Gasteiger partial charge in [-0.3, -0.25) is 0 Å². The summed E-state index contributed by atoms with van der Waals surface area (Å²) in [5.74, 6) is 0. The summed E-state index contributed by atoms with van der Waals surface area (Å²) in [6, 6.07) is 13.0. The third-order valence-corrected chi connectivity index (χ3v) is 6.03. The maximum atomic E-state index is 5.61. The van der Waals surface area contributed by atoms with Gasteiger partial charge in [-0.05, 0) is 0 Å². The van der Waals surface area contributed by atoms with Crippen LogP contribution in [0.3, 0.4) is 0 Å². The summed E-state index contributed by atoms with van der Waals surface area (Å²) in [5, 5.41) is 2.82. The van der Waals surface area contributed by atoms with Gasteiger partial charge in [-0.15, -0.1) is 0 Å². The Hall–Kier alpha value is -0.301. The van der Waals surface area contributed by atoms with Gasteiger partial charge in [-0.2, -0.15) is 0 Å². The van der Waals surface area contributed by atoms with E-state index in [1.807, 2.05) is 0 Å². The van der Waals surface area contributed by atoms with E-state index >= 15 is 0 Å². The third kappa shape index (κ3) is 1.25. The summed E-state index contributed by atoms with van der Waals surface area (Å²) in [5.41, 5.74) is 0. The molecule has 0 unspecified atom stereocenters. The molecule has 0 saturated heterocycles. The molecule has 3 heteroatoms.